The summed E-state index contributed by atoms with van der Waals surface area (Å²) in [4.78, 5) is 9.28. The van der Waals surface area contributed by atoms with Gasteiger partial charge in [-0.1, -0.05) is 18.2 Å². The molecule has 0 spiro atoms. The van der Waals surface area contributed by atoms with E-state index in [1.807, 2.05) is 18.5 Å². The molecule has 2 aromatic rings. The fourth-order valence-corrected chi connectivity index (χ4v) is 3.94. The van der Waals surface area contributed by atoms with Crippen molar-refractivity contribution in [1.82, 2.24) is 20.1 Å². The van der Waals surface area contributed by atoms with Gasteiger partial charge in [-0.25, -0.2) is 0 Å². The number of piperazine rings is 1. The number of nitrogens with one attached hydrogen (secondary N) is 1. The summed E-state index contributed by atoms with van der Waals surface area (Å²) < 4.78 is 6.20. The Balaban J connectivity index is 1.25. The van der Waals surface area contributed by atoms with E-state index in [4.69, 9.17) is 4.74 Å². The van der Waals surface area contributed by atoms with Gasteiger partial charge in [0.25, 0.3) is 0 Å². The molecule has 144 valence electrons. The number of nitrogens with zero attached hydrogens (tertiary/aromatic N) is 3. The maximum absolute atomic E-state index is 6.20. The van der Waals surface area contributed by atoms with Crippen molar-refractivity contribution in [2.24, 2.45) is 0 Å². The number of pyridine rings is 1. The minimum absolute atomic E-state index is 0.359. The van der Waals surface area contributed by atoms with Gasteiger partial charge in [-0.2, -0.15) is 0 Å². The highest BCUT2D eigenvalue weighted by molar-refractivity contribution is 5.28. The fourth-order valence-electron chi connectivity index (χ4n) is 3.94. The summed E-state index contributed by atoms with van der Waals surface area (Å²) in [5, 5.41) is 3.39. The molecule has 2 aliphatic heterocycles. The summed E-state index contributed by atoms with van der Waals surface area (Å²) in [5.41, 5.74) is 2.65. The minimum Gasteiger partial charge on any atom is -0.490 e. The van der Waals surface area contributed by atoms with Crippen LogP contribution in [0, 0.1) is 0 Å². The van der Waals surface area contributed by atoms with Crippen molar-refractivity contribution in [2.75, 3.05) is 39.3 Å². The maximum atomic E-state index is 6.20. The van der Waals surface area contributed by atoms with Gasteiger partial charge in [0, 0.05) is 51.7 Å². The molecule has 1 aromatic carbocycles. The molecule has 2 saturated heterocycles. The molecule has 2 aliphatic rings. The molecule has 5 nitrogen and oxygen atoms in total. The largest absolute Gasteiger partial charge is 0.490 e. The fraction of sp³-hybridized carbons (Fsp3) is 0.500. The molecule has 0 radical (unpaired) electrons. The van der Waals surface area contributed by atoms with Gasteiger partial charge in [-0.3, -0.25) is 14.8 Å². The van der Waals surface area contributed by atoms with Crippen LogP contribution in [0.1, 0.15) is 24.0 Å². The van der Waals surface area contributed by atoms with Gasteiger partial charge in [0.05, 0.1) is 0 Å². The zero-order valence-corrected chi connectivity index (χ0v) is 16.0. The molecular formula is C22H30N4O. The SMILES string of the molecule is c1cncc(CN2CCN(Cc3cccc(OC4CCNCC4)c3)CC2)c1. The zero-order valence-electron chi connectivity index (χ0n) is 16.0. The van der Waals surface area contributed by atoms with Gasteiger partial charge in [0.2, 0.25) is 0 Å². The average molecular weight is 367 g/mol. The Labute approximate surface area is 162 Å². The number of benzene rings is 1. The predicted octanol–water partition coefficient (Wildman–Crippen LogP) is 2.53. The van der Waals surface area contributed by atoms with Crippen LogP contribution in [-0.2, 0) is 13.1 Å². The number of aromatic nitrogens is 1. The van der Waals surface area contributed by atoms with Crippen molar-refractivity contribution in [3.05, 3.63) is 59.9 Å². The van der Waals surface area contributed by atoms with E-state index in [2.05, 4.69) is 50.4 Å². The number of rotatable bonds is 6. The highest BCUT2D eigenvalue weighted by atomic mass is 16.5. The van der Waals surface area contributed by atoms with Crippen molar-refractivity contribution >= 4 is 0 Å². The average Bonchev–Trinajstić information content (AvgIpc) is 2.71. The predicted molar refractivity (Wildman–Crippen MR) is 108 cm³/mol. The van der Waals surface area contributed by atoms with Crippen LogP contribution in [-0.4, -0.2) is 60.2 Å². The third-order valence-electron chi connectivity index (χ3n) is 5.49. The molecule has 0 atom stereocenters. The summed E-state index contributed by atoms with van der Waals surface area (Å²) >= 11 is 0. The van der Waals surface area contributed by atoms with Crippen molar-refractivity contribution in [1.29, 1.82) is 0 Å². The number of hydrogen-bond acceptors (Lipinski definition) is 5. The van der Waals surface area contributed by atoms with Crippen LogP contribution in [0.2, 0.25) is 0 Å². The lowest BCUT2D eigenvalue weighted by Crippen LogP contribution is -2.45. The smallest absolute Gasteiger partial charge is 0.120 e. The molecule has 3 heterocycles. The molecule has 1 N–H and O–H groups in total. The molecule has 2 fully saturated rings. The summed E-state index contributed by atoms with van der Waals surface area (Å²) in [5.74, 6) is 1.02. The lowest BCUT2D eigenvalue weighted by molar-refractivity contribution is 0.121. The Bertz CT molecular complexity index is 694. The molecule has 0 amide bonds. The molecule has 0 aliphatic carbocycles. The monoisotopic (exact) mass is 366 g/mol. The highest BCUT2D eigenvalue weighted by Gasteiger charge is 2.18. The Morgan fingerprint density at radius 2 is 1.63 bits per heavy atom. The number of piperidine rings is 1. The van der Waals surface area contributed by atoms with E-state index in [-0.39, 0.29) is 0 Å². The summed E-state index contributed by atoms with van der Waals surface area (Å²) in [7, 11) is 0. The van der Waals surface area contributed by atoms with Gasteiger partial charge in [0.1, 0.15) is 11.9 Å². The van der Waals surface area contributed by atoms with E-state index >= 15 is 0 Å². The maximum Gasteiger partial charge on any atom is 0.120 e. The topological polar surface area (TPSA) is 40.6 Å². The van der Waals surface area contributed by atoms with Gasteiger partial charge < -0.3 is 10.1 Å². The van der Waals surface area contributed by atoms with Crippen molar-refractivity contribution in [3.8, 4) is 5.75 Å². The van der Waals surface area contributed by atoms with E-state index < -0.39 is 0 Å². The molecule has 4 rings (SSSR count). The molecule has 5 heteroatoms. The van der Waals surface area contributed by atoms with Gasteiger partial charge >= 0.3 is 0 Å². The first-order valence-electron chi connectivity index (χ1n) is 10.1. The van der Waals surface area contributed by atoms with Gasteiger partial charge in [-0.15, -0.1) is 0 Å². The Hall–Kier alpha value is -1.95. The third-order valence-corrected chi connectivity index (χ3v) is 5.49. The van der Waals surface area contributed by atoms with Gasteiger partial charge in [0.15, 0.2) is 0 Å². The normalized spacial score (nSPS) is 19.9. The van der Waals surface area contributed by atoms with E-state index in [0.717, 1.165) is 70.9 Å². The van der Waals surface area contributed by atoms with Crippen LogP contribution >= 0.6 is 0 Å². The quantitative estimate of drug-likeness (QED) is 0.851. The van der Waals surface area contributed by atoms with Gasteiger partial charge in [-0.05, 0) is 55.3 Å². The van der Waals surface area contributed by atoms with E-state index in [1.54, 1.807) is 0 Å². The third kappa shape index (κ3) is 5.51. The molecule has 27 heavy (non-hydrogen) atoms. The van der Waals surface area contributed by atoms with Crippen LogP contribution in [0.3, 0.4) is 0 Å². The number of hydrogen-bond donors (Lipinski definition) is 1. The Morgan fingerprint density at radius 3 is 2.33 bits per heavy atom. The second-order valence-corrected chi connectivity index (χ2v) is 7.63. The molecule has 0 bridgehead atoms. The van der Waals surface area contributed by atoms with Crippen LogP contribution in [0.5, 0.6) is 5.75 Å². The van der Waals surface area contributed by atoms with E-state index in [9.17, 15) is 0 Å². The molecule has 0 saturated carbocycles. The Kier molecular flexibility index (Phi) is 6.35. The van der Waals surface area contributed by atoms with Crippen LogP contribution in [0.15, 0.2) is 48.8 Å². The summed E-state index contributed by atoms with van der Waals surface area (Å²) in [6.45, 7) is 8.58. The minimum atomic E-state index is 0.359. The van der Waals surface area contributed by atoms with Crippen molar-refractivity contribution < 1.29 is 4.74 Å². The van der Waals surface area contributed by atoms with E-state index in [0.29, 0.717) is 6.10 Å². The molecular weight excluding hydrogens is 336 g/mol. The van der Waals surface area contributed by atoms with Crippen LogP contribution in [0.4, 0.5) is 0 Å². The lowest BCUT2D eigenvalue weighted by Gasteiger charge is -2.34. The standard InChI is InChI=1S/C22H30N4O/c1-3-19(15-22(5-1)27-21-6-9-23-10-7-21)17-25-11-13-26(14-12-25)18-20-4-2-8-24-16-20/h1-5,8,15-16,21,23H,6-7,9-14,17-18H2. The van der Waals surface area contributed by atoms with Crippen LogP contribution < -0.4 is 10.1 Å². The lowest BCUT2D eigenvalue weighted by atomic mass is 10.1. The van der Waals surface area contributed by atoms with Crippen molar-refractivity contribution in [3.63, 3.8) is 0 Å². The highest BCUT2D eigenvalue weighted by Crippen LogP contribution is 2.20. The summed E-state index contributed by atoms with van der Waals surface area (Å²) in [6.07, 6.45) is 6.37. The molecule has 0 unspecified atom stereocenters. The zero-order chi connectivity index (χ0) is 18.3. The van der Waals surface area contributed by atoms with Crippen LogP contribution in [0.25, 0.3) is 0 Å². The second-order valence-electron chi connectivity index (χ2n) is 7.63. The second kappa shape index (κ2) is 9.31. The number of ether oxygens (including phenoxy) is 1. The first-order chi connectivity index (χ1) is 13.3. The van der Waals surface area contributed by atoms with Crippen molar-refractivity contribution in [2.45, 2.75) is 32.0 Å². The molecule has 1 aromatic heterocycles. The Morgan fingerprint density at radius 1 is 0.926 bits per heavy atom. The van der Waals surface area contributed by atoms with E-state index in [1.165, 1.54) is 11.1 Å². The first-order valence-corrected chi connectivity index (χ1v) is 10.1. The summed E-state index contributed by atoms with van der Waals surface area (Å²) in [6, 6.07) is 12.8. The first kappa shape index (κ1) is 18.4.